The quantitative estimate of drug-likeness (QED) is 0.395. The molecule has 0 bridgehead atoms. The van der Waals surface area contributed by atoms with Gasteiger partial charge < -0.3 is 14.5 Å². The maximum absolute atomic E-state index is 12.1. The van der Waals surface area contributed by atoms with E-state index in [0.29, 0.717) is 19.7 Å². The van der Waals surface area contributed by atoms with Crippen LogP contribution >= 0.6 is 23.1 Å². The molecule has 2 aliphatic rings. The predicted octanol–water partition coefficient (Wildman–Crippen LogP) is 4.68. The number of hydrogen-bond donors (Lipinski definition) is 0. The van der Waals surface area contributed by atoms with Crippen molar-refractivity contribution in [3.63, 3.8) is 0 Å². The molecule has 3 aromatic rings. The molecule has 0 spiro atoms. The van der Waals surface area contributed by atoms with E-state index in [4.69, 9.17) is 19.7 Å². The monoisotopic (exact) mass is 471 g/mol. The Bertz CT molecular complexity index is 1170. The number of hydrogen-bond acceptors (Lipinski definition) is 8. The first-order valence-electron chi connectivity index (χ1n) is 11.5. The molecule has 1 aliphatic carbocycles. The number of carbonyl (C=O) groups excluding carboxylic acids is 1. The number of ether oxygens (including phenoxy) is 1. The van der Waals surface area contributed by atoms with Gasteiger partial charge in [-0.1, -0.05) is 25.1 Å². The van der Waals surface area contributed by atoms with E-state index in [1.54, 1.807) is 28.0 Å². The van der Waals surface area contributed by atoms with E-state index in [9.17, 15) is 4.79 Å². The Kier molecular flexibility index (Phi) is 6.11. The second kappa shape index (κ2) is 9.02. The average molecular weight is 472 g/mol. The molecule has 0 saturated carbocycles. The van der Waals surface area contributed by atoms with Gasteiger partial charge in [-0.2, -0.15) is 0 Å². The second-order valence-corrected chi connectivity index (χ2v) is 10.1. The Morgan fingerprint density at radius 1 is 1.09 bits per heavy atom. The number of pyridine rings is 1. The van der Waals surface area contributed by atoms with E-state index in [0.717, 1.165) is 64.8 Å². The van der Waals surface area contributed by atoms with Crippen molar-refractivity contribution in [2.45, 2.75) is 51.1 Å². The van der Waals surface area contributed by atoms with Crippen LogP contribution in [0.5, 0.6) is 0 Å². The van der Waals surface area contributed by atoms with Crippen molar-refractivity contribution in [3.8, 4) is 0 Å². The van der Waals surface area contributed by atoms with Crippen LogP contribution in [0.4, 0.5) is 10.6 Å². The molecule has 1 fully saturated rings. The molecular formula is C23H29N5O2S2. The highest BCUT2D eigenvalue weighted by Crippen LogP contribution is 2.43. The summed E-state index contributed by atoms with van der Waals surface area (Å²) in [4.78, 5) is 32.3. The molecule has 0 atom stereocenters. The zero-order valence-electron chi connectivity index (χ0n) is 18.9. The van der Waals surface area contributed by atoms with Gasteiger partial charge in [0.05, 0.1) is 16.8 Å². The summed E-state index contributed by atoms with van der Waals surface area (Å²) >= 11 is 3.31. The molecule has 1 amide bonds. The van der Waals surface area contributed by atoms with Crippen molar-refractivity contribution < 1.29 is 9.53 Å². The minimum atomic E-state index is -0.227. The van der Waals surface area contributed by atoms with Crippen LogP contribution in [0.3, 0.4) is 0 Å². The number of piperazine rings is 1. The van der Waals surface area contributed by atoms with Crippen molar-refractivity contribution in [1.82, 2.24) is 19.9 Å². The Morgan fingerprint density at radius 3 is 2.59 bits per heavy atom. The van der Waals surface area contributed by atoms with Gasteiger partial charge in [-0.3, -0.25) is 0 Å². The van der Waals surface area contributed by atoms with Gasteiger partial charge >= 0.3 is 6.09 Å². The largest absolute Gasteiger partial charge is 0.450 e. The van der Waals surface area contributed by atoms with E-state index in [1.807, 2.05) is 13.2 Å². The lowest BCUT2D eigenvalue weighted by molar-refractivity contribution is 0.105. The van der Waals surface area contributed by atoms with Gasteiger partial charge in [0, 0.05) is 37.3 Å². The number of aromatic nitrogens is 3. The van der Waals surface area contributed by atoms with E-state index >= 15 is 0 Å². The van der Waals surface area contributed by atoms with Gasteiger partial charge in [-0.25, -0.2) is 19.7 Å². The first-order chi connectivity index (χ1) is 15.6. The van der Waals surface area contributed by atoms with Gasteiger partial charge in [-0.15, -0.1) is 11.3 Å². The predicted molar refractivity (Wildman–Crippen MR) is 131 cm³/mol. The molecule has 7 nitrogen and oxygen atoms in total. The third kappa shape index (κ3) is 3.69. The number of rotatable bonds is 5. The molecule has 0 radical (unpaired) electrons. The van der Waals surface area contributed by atoms with Crippen LogP contribution in [-0.2, 0) is 24.0 Å². The number of thioether (sulfide) groups is 1. The van der Waals surface area contributed by atoms with Crippen molar-refractivity contribution in [3.05, 3.63) is 16.8 Å². The number of anilines is 1. The lowest BCUT2D eigenvalue weighted by Crippen LogP contribution is -2.49. The second-order valence-electron chi connectivity index (χ2n) is 8.29. The normalized spacial score (nSPS) is 16.2. The van der Waals surface area contributed by atoms with Crippen LogP contribution in [0.1, 0.15) is 43.5 Å². The minimum Gasteiger partial charge on any atom is -0.450 e. The molecule has 1 aliphatic heterocycles. The SMILES string of the molecule is CCCc1nc2sc3c(N4CCN(C(=O)OCC)CC4)nc(SC)nc3c2c2c1CCC2. The summed E-state index contributed by atoms with van der Waals surface area (Å²) in [6.07, 6.45) is 7.40. The zero-order valence-corrected chi connectivity index (χ0v) is 20.6. The molecule has 1 saturated heterocycles. The van der Waals surface area contributed by atoms with E-state index in [2.05, 4.69) is 11.8 Å². The number of carbonyl (C=O) groups is 1. The van der Waals surface area contributed by atoms with E-state index in [-0.39, 0.29) is 6.09 Å². The third-order valence-corrected chi connectivity index (χ3v) is 7.97. The molecule has 5 rings (SSSR count). The number of amides is 1. The van der Waals surface area contributed by atoms with Crippen LogP contribution in [0, 0.1) is 0 Å². The summed E-state index contributed by atoms with van der Waals surface area (Å²) in [6.45, 7) is 7.22. The first kappa shape index (κ1) is 21.7. The van der Waals surface area contributed by atoms with E-state index in [1.165, 1.54) is 28.6 Å². The lowest BCUT2D eigenvalue weighted by atomic mass is 10.0. The fourth-order valence-electron chi connectivity index (χ4n) is 4.87. The van der Waals surface area contributed by atoms with Crippen molar-refractivity contribution in [2.24, 2.45) is 0 Å². The highest BCUT2D eigenvalue weighted by molar-refractivity contribution is 7.98. The molecule has 32 heavy (non-hydrogen) atoms. The standard InChI is InChI=1S/C23H29N5O2S2/c1-4-7-16-14-8-6-9-15(14)17-18-19(32-21(17)24-16)20(26-22(25-18)31-3)27-10-12-28(13-11-27)23(29)30-5-2/h4-13H2,1-3H3. The van der Waals surface area contributed by atoms with Crippen LogP contribution in [0.25, 0.3) is 20.4 Å². The van der Waals surface area contributed by atoms with Crippen LogP contribution in [0.15, 0.2) is 5.16 Å². The Balaban J connectivity index is 1.59. The molecule has 4 heterocycles. The average Bonchev–Trinajstić information content (AvgIpc) is 3.43. The summed E-state index contributed by atoms with van der Waals surface area (Å²) in [5.74, 6) is 0.981. The van der Waals surface area contributed by atoms with Crippen LogP contribution in [-0.4, -0.2) is 65.0 Å². The van der Waals surface area contributed by atoms with Crippen molar-refractivity contribution in [2.75, 3.05) is 43.9 Å². The summed E-state index contributed by atoms with van der Waals surface area (Å²) in [7, 11) is 0. The topological polar surface area (TPSA) is 71.5 Å². The number of nitrogens with zero attached hydrogens (tertiary/aromatic N) is 5. The smallest absolute Gasteiger partial charge is 0.409 e. The molecule has 0 aromatic carbocycles. The minimum absolute atomic E-state index is 0.227. The molecule has 170 valence electrons. The van der Waals surface area contributed by atoms with Gasteiger partial charge in [0.15, 0.2) is 11.0 Å². The first-order valence-corrected chi connectivity index (χ1v) is 13.5. The number of fused-ring (bicyclic) bond motifs is 5. The summed E-state index contributed by atoms with van der Waals surface area (Å²) in [5, 5.41) is 2.05. The fraction of sp³-hybridized carbons (Fsp3) is 0.565. The molecule has 0 unspecified atom stereocenters. The Hall–Kier alpha value is -2.13. The molecule has 0 N–H and O–H groups in total. The van der Waals surface area contributed by atoms with Crippen LogP contribution < -0.4 is 4.90 Å². The summed E-state index contributed by atoms with van der Waals surface area (Å²) < 4.78 is 6.30. The Labute approximate surface area is 196 Å². The number of thiophene rings is 1. The molecule has 3 aromatic heterocycles. The fourth-order valence-corrected chi connectivity index (χ4v) is 6.42. The number of aryl methyl sites for hydroxylation is 2. The highest BCUT2D eigenvalue weighted by atomic mass is 32.2. The van der Waals surface area contributed by atoms with Crippen molar-refractivity contribution >= 4 is 55.4 Å². The maximum atomic E-state index is 12.1. The maximum Gasteiger partial charge on any atom is 0.409 e. The third-order valence-electron chi connectivity index (χ3n) is 6.36. The zero-order chi connectivity index (χ0) is 22.2. The molecular weight excluding hydrogens is 442 g/mol. The van der Waals surface area contributed by atoms with Gasteiger partial charge in [0.1, 0.15) is 4.83 Å². The molecule has 9 heteroatoms. The highest BCUT2D eigenvalue weighted by Gasteiger charge is 2.28. The summed E-state index contributed by atoms with van der Waals surface area (Å²) in [5.41, 5.74) is 5.27. The van der Waals surface area contributed by atoms with Gasteiger partial charge in [0.2, 0.25) is 0 Å². The Morgan fingerprint density at radius 2 is 1.88 bits per heavy atom. The van der Waals surface area contributed by atoms with Crippen LogP contribution in [0.2, 0.25) is 0 Å². The van der Waals surface area contributed by atoms with E-state index < -0.39 is 0 Å². The lowest BCUT2D eigenvalue weighted by Gasteiger charge is -2.34. The van der Waals surface area contributed by atoms with Crippen molar-refractivity contribution in [1.29, 1.82) is 0 Å². The van der Waals surface area contributed by atoms with Gasteiger partial charge in [-0.05, 0) is 50.0 Å². The van der Waals surface area contributed by atoms with Gasteiger partial charge in [0.25, 0.3) is 0 Å². The summed E-state index contributed by atoms with van der Waals surface area (Å²) in [6, 6.07) is 0.